The minimum Gasteiger partial charge on any atom is -0.389 e. The van der Waals surface area contributed by atoms with Gasteiger partial charge >= 0.3 is 0 Å². The van der Waals surface area contributed by atoms with Crippen molar-refractivity contribution >= 4 is 11.6 Å². The molecule has 3 atom stereocenters. The first-order valence-electron chi connectivity index (χ1n) is 6.45. The number of aliphatic hydroxyl groups excluding tert-OH is 2. The molecule has 0 heterocycles. The second kappa shape index (κ2) is 5.23. The summed E-state index contributed by atoms with van der Waals surface area (Å²) in [5, 5.41) is 19.9. The van der Waals surface area contributed by atoms with Crippen LogP contribution in [-0.4, -0.2) is 34.0 Å². The number of carbonyl (C=O) groups excluding carboxylic acids is 2. The Hall–Kier alpha value is -1.52. The molecule has 1 aliphatic carbocycles. The zero-order chi connectivity index (χ0) is 14.2. The van der Waals surface area contributed by atoms with Crippen molar-refractivity contribution in [3.05, 3.63) is 35.4 Å². The number of hydrogen-bond acceptors (Lipinski definition) is 4. The highest BCUT2D eigenvalue weighted by atomic mass is 16.3. The molecule has 1 aliphatic rings. The SMILES string of the molecule is CC(C)C(=O)C[C@@H]1c2ccccc2C(=O)[C@@H](O)[C@H]1O. The van der Waals surface area contributed by atoms with Gasteiger partial charge in [-0.1, -0.05) is 38.1 Å². The molecule has 4 heteroatoms. The topological polar surface area (TPSA) is 74.6 Å². The second-order valence-electron chi connectivity index (χ2n) is 5.32. The van der Waals surface area contributed by atoms with Crippen molar-refractivity contribution in [3.8, 4) is 0 Å². The molecule has 0 radical (unpaired) electrons. The maximum absolute atomic E-state index is 11.9. The molecule has 0 saturated carbocycles. The molecule has 0 bridgehead atoms. The number of Topliss-reactive ketones (excluding diaryl/α,β-unsaturated/α-hetero) is 2. The van der Waals surface area contributed by atoms with Gasteiger partial charge in [-0.05, 0) is 5.56 Å². The standard InChI is InChI=1S/C15H18O4/c1-8(2)12(16)7-11-9-5-3-4-6-10(9)13(17)15(19)14(11)18/h3-6,8,11,14-15,18-19H,7H2,1-2H3/t11-,14+,15-/m1/s1. The van der Waals surface area contributed by atoms with Gasteiger partial charge in [0.15, 0.2) is 5.78 Å². The van der Waals surface area contributed by atoms with E-state index in [9.17, 15) is 19.8 Å². The van der Waals surface area contributed by atoms with E-state index < -0.39 is 23.9 Å². The van der Waals surface area contributed by atoms with Crippen LogP contribution in [0.5, 0.6) is 0 Å². The van der Waals surface area contributed by atoms with E-state index in [1.165, 1.54) is 0 Å². The Morgan fingerprint density at radius 2 is 1.89 bits per heavy atom. The first-order chi connectivity index (χ1) is 8.93. The van der Waals surface area contributed by atoms with Gasteiger partial charge in [-0.2, -0.15) is 0 Å². The summed E-state index contributed by atoms with van der Waals surface area (Å²) < 4.78 is 0. The summed E-state index contributed by atoms with van der Waals surface area (Å²) in [6, 6.07) is 6.84. The number of benzene rings is 1. The predicted octanol–water partition coefficient (Wildman–Crippen LogP) is 1.30. The van der Waals surface area contributed by atoms with Crippen molar-refractivity contribution < 1.29 is 19.8 Å². The van der Waals surface area contributed by atoms with E-state index in [-0.39, 0.29) is 18.1 Å². The van der Waals surface area contributed by atoms with Crippen molar-refractivity contribution in [2.75, 3.05) is 0 Å². The van der Waals surface area contributed by atoms with E-state index in [1.807, 2.05) is 0 Å². The van der Waals surface area contributed by atoms with Crippen LogP contribution in [0.25, 0.3) is 0 Å². The lowest BCUT2D eigenvalue weighted by atomic mass is 9.75. The van der Waals surface area contributed by atoms with Gasteiger partial charge in [0.25, 0.3) is 0 Å². The highest BCUT2D eigenvalue weighted by molar-refractivity contribution is 6.02. The third kappa shape index (κ3) is 2.46. The van der Waals surface area contributed by atoms with Gasteiger partial charge in [-0.3, -0.25) is 9.59 Å². The summed E-state index contributed by atoms with van der Waals surface area (Å²) in [4.78, 5) is 23.8. The average molecular weight is 262 g/mol. The molecule has 1 aromatic rings. The van der Waals surface area contributed by atoms with Crippen molar-refractivity contribution in [1.29, 1.82) is 0 Å². The van der Waals surface area contributed by atoms with E-state index >= 15 is 0 Å². The van der Waals surface area contributed by atoms with E-state index in [4.69, 9.17) is 0 Å². The normalized spacial score (nSPS) is 26.4. The molecule has 1 aromatic carbocycles. The summed E-state index contributed by atoms with van der Waals surface area (Å²) >= 11 is 0. The first kappa shape index (κ1) is 13.9. The van der Waals surface area contributed by atoms with Crippen molar-refractivity contribution in [1.82, 2.24) is 0 Å². The quantitative estimate of drug-likeness (QED) is 0.861. The Labute approximate surface area is 112 Å². The fourth-order valence-electron chi connectivity index (χ4n) is 2.45. The van der Waals surface area contributed by atoms with Crippen LogP contribution in [0.15, 0.2) is 24.3 Å². The monoisotopic (exact) mass is 262 g/mol. The van der Waals surface area contributed by atoms with Gasteiger partial charge in [0.1, 0.15) is 11.9 Å². The second-order valence-corrected chi connectivity index (χ2v) is 5.32. The molecular weight excluding hydrogens is 244 g/mol. The fourth-order valence-corrected chi connectivity index (χ4v) is 2.45. The molecule has 0 aromatic heterocycles. The van der Waals surface area contributed by atoms with E-state index in [1.54, 1.807) is 38.1 Å². The van der Waals surface area contributed by atoms with Crippen LogP contribution < -0.4 is 0 Å². The maximum Gasteiger partial charge on any atom is 0.194 e. The van der Waals surface area contributed by atoms with Gasteiger partial charge < -0.3 is 10.2 Å². The summed E-state index contributed by atoms with van der Waals surface area (Å²) in [6.45, 7) is 3.59. The fraction of sp³-hybridized carbons (Fsp3) is 0.467. The van der Waals surface area contributed by atoms with Crippen molar-refractivity contribution in [2.45, 2.75) is 38.4 Å². The molecule has 2 N–H and O–H groups in total. The number of rotatable bonds is 3. The minimum atomic E-state index is -1.44. The van der Waals surface area contributed by atoms with Gasteiger partial charge in [-0.25, -0.2) is 0 Å². The molecule has 0 amide bonds. The van der Waals surface area contributed by atoms with Crippen LogP contribution in [0.4, 0.5) is 0 Å². The Kier molecular flexibility index (Phi) is 3.83. The number of ketones is 2. The number of hydrogen-bond donors (Lipinski definition) is 2. The Bertz CT molecular complexity index is 507. The largest absolute Gasteiger partial charge is 0.389 e. The molecule has 0 aliphatic heterocycles. The van der Waals surface area contributed by atoms with Crippen LogP contribution in [0, 0.1) is 5.92 Å². The average Bonchev–Trinajstić information content (AvgIpc) is 2.40. The van der Waals surface area contributed by atoms with Crippen molar-refractivity contribution in [3.63, 3.8) is 0 Å². The molecule has 4 nitrogen and oxygen atoms in total. The summed E-state index contributed by atoms with van der Waals surface area (Å²) in [5.41, 5.74) is 1.06. The molecular formula is C15H18O4. The molecule has 0 fully saturated rings. The first-order valence-corrected chi connectivity index (χ1v) is 6.45. The Morgan fingerprint density at radius 3 is 2.53 bits per heavy atom. The maximum atomic E-state index is 11.9. The van der Waals surface area contributed by atoms with E-state index in [0.29, 0.717) is 11.1 Å². The zero-order valence-corrected chi connectivity index (χ0v) is 11.0. The molecule has 0 unspecified atom stereocenters. The Morgan fingerprint density at radius 1 is 1.26 bits per heavy atom. The van der Waals surface area contributed by atoms with Crippen LogP contribution in [0.1, 0.15) is 42.1 Å². The highest BCUT2D eigenvalue weighted by Gasteiger charge is 2.40. The molecule has 0 saturated heterocycles. The van der Waals surface area contributed by atoms with Gasteiger partial charge in [0.05, 0.1) is 6.10 Å². The number of aliphatic hydroxyl groups is 2. The summed E-state index contributed by atoms with van der Waals surface area (Å²) in [5.74, 6) is -1.11. The molecule has 19 heavy (non-hydrogen) atoms. The van der Waals surface area contributed by atoms with Crippen LogP contribution >= 0.6 is 0 Å². The minimum absolute atomic E-state index is 0.0143. The van der Waals surface area contributed by atoms with E-state index in [0.717, 1.165) is 0 Å². The predicted molar refractivity (Wildman–Crippen MR) is 70.0 cm³/mol. The smallest absolute Gasteiger partial charge is 0.194 e. The number of carbonyl (C=O) groups is 2. The third-order valence-corrected chi connectivity index (χ3v) is 3.70. The molecule has 102 valence electrons. The van der Waals surface area contributed by atoms with Crippen LogP contribution in [0.2, 0.25) is 0 Å². The van der Waals surface area contributed by atoms with Gasteiger partial charge in [0, 0.05) is 23.8 Å². The lowest BCUT2D eigenvalue weighted by Crippen LogP contribution is -2.44. The van der Waals surface area contributed by atoms with Crippen LogP contribution in [-0.2, 0) is 4.79 Å². The third-order valence-electron chi connectivity index (χ3n) is 3.70. The molecule has 2 rings (SSSR count). The zero-order valence-electron chi connectivity index (χ0n) is 11.0. The van der Waals surface area contributed by atoms with E-state index in [2.05, 4.69) is 0 Å². The van der Waals surface area contributed by atoms with Gasteiger partial charge in [-0.15, -0.1) is 0 Å². The van der Waals surface area contributed by atoms with Gasteiger partial charge in [0.2, 0.25) is 0 Å². The Balaban J connectivity index is 2.39. The lowest BCUT2D eigenvalue weighted by molar-refractivity contribution is -0.123. The van der Waals surface area contributed by atoms with Crippen LogP contribution in [0.3, 0.4) is 0 Å². The summed E-state index contributed by atoms with van der Waals surface area (Å²) in [7, 11) is 0. The van der Waals surface area contributed by atoms with Crippen molar-refractivity contribution in [2.24, 2.45) is 5.92 Å². The highest BCUT2D eigenvalue weighted by Crippen LogP contribution is 2.35. The summed E-state index contributed by atoms with van der Waals surface area (Å²) in [6.07, 6.45) is -2.52. The lowest BCUT2D eigenvalue weighted by Gasteiger charge is -2.32. The number of fused-ring (bicyclic) bond motifs is 1. The molecule has 0 spiro atoms.